The highest BCUT2D eigenvalue weighted by Crippen LogP contribution is 2.32. The maximum Gasteiger partial charge on any atom is 0.293 e. The Morgan fingerprint density at radius 1 is 0.733 bits per heavy atom. The smallest absolute Gasteiger partial charge is 0.293 e. The van der Waals surface area contributed by atoms with Gasteiger partial charge in [-0.15, -0.1) is 0 Å². The van der Waals surface area contributed by atoms with E-state index >= 15 is 0 Å². The van der Waals surface area contributed by atoms with E-state index in [0.717, 1.165) is 18.2 Å². The van der Waals surface area contributed by atoms with Crippen molar-refractivity contribution in [3.63, 3.8) is 0 Å². The minimum atomic E-state index is -1.13. The first-order chi connectivity index (χ1) is 14.4. The average Bonchev–Trinajstić information content (AvgIpc) is 3.09. The number of carbonyl (C=O) groups is 2. The molecule has 0 fully saturated rings. The number of anilines is 2. The van der Waals surface area contributed by atoms with Crippen molar-refractivity contribution in [2.45, 2.75) is 0 Å². The molecule has 2 N–H and O–H groups in total. The van der Waals surface area contributed by atoms with Gasteiger partial charge in [0.05, 0.1) is 5.56 Å². The Morgan fingerprint density at radius 2 is 1.47 bits per heavy atom. The predicted octanol–water partition coefficient (Wildman–Crippen LogP) is 5.35. The van der Waals surface area contributed by atoms with Gasteiger partial charge in [-0.1, -0.05) is 24.3 Å². The van der Waals surface area contributed by atoms with Crippen molar-refractivity contribution in [1.29, 1.82) is 0 Å². The van der Waals surface area contributed by atoms with Gasteiger partial charge in [-0.2, -0.15) is 0 Å². The topological polar surface area (TPSA) is 71.3 Å². The predicted molar refractivity (Wildman–Crippen MR) is 105 cm³/mol. The van der Waals surface area contributed by atoms with Crippen LogP contribution in [0.3, 0.4) is 0 Å². The molecule has 1 aromatic heterocycles. The summed E-state index contributed by atoms with van der Waals surface area (Å²) in [7, 11) is 0. The minimum absolute atomic E-state index is 0.00858. The highest BCUT2D eigenvalue weighted by Gasteiger charge is 2.24. The standard InChI is InChI=1S/C22H13F3N2O3/c23-15-7-3-1-5-13(15)21(28)27-19-14-6-2-4-8-18(14)30-20(19)22(29)26-12-9-10-16(24)17(25)11-12/h1-11H,(H,26,29)(H,27,28). The van der Waals surface area contributed by atoms with Crippen LogP contribution in [-0.2, 0) is 0 Å². The third-order valence-corrected chi connectivity index (χ3v) is 4.34. The van der Waals surface area contributed by atoms with Gasteiger partial charge in [0.1, 0.15) is 17.1 Å². The van der Waals surface area contributed by atoms with Crippen molar-refractivity contribution in [1.82, 2.24) is 0 Å². The van der Waals surface area contributed by atoms with E-state index in [9.17, 15) is 22.8 Å². The summed E-state index contributed by atoms with van der Waals surface area (Å²) in [6.07, 6.45) is 0. The zero-order chi connectivity index (χ0) is 21.3. The lowest BCUT2D eigenvalue weighted by atomic mass is 10.1. The molecule has 4 aromatic rings. The first-order valence-corrected chi connectivity index (χ1v) is 8.78. The van der Waals surface area contributed by atoms with E-state index in [0.29, 0.717) is 11.0 Å². The number of nitrogens with one attached hydrogen (secondary N) is 2. The Labute approximate surface area is 168 Å². The second kappa shape index (κ2) is 7.75. The van der Waals surface area contributed by atoms with E-state index in [1.54, 1.807) is 24.3 Å². The average molecular weight is 410 g/mol. The van der Waals surface area contributed by atoms with Gasteiger partial charge in [-0.25, -0.2) is 13.2 Å². The van der Waals surface area contributed by atoms with Crippen LogP contribution >= 0.6 is 0 Å². The van der Waals surface area contributed by atoms with Crippen LogP contribution in [-0.4, -0.2) is 11.8 Å². The van der Waals surface area contributed by atoms with Crippen LogP contribution in [0.15, 0.2) is 71.1 Å². The number of carbonyl (C=O) groups excluding carboxylic acids is 2. The molecule has 3 aromatic carbocycles. The molecule has 0 atom stereocenters. The highest BCUT2D eigenvalue weighted by atomic mass is 19.2. The largest absolute Gasteiger partial charge is 0.449 e. The molecule has 0 spiro atoms. The van der Waals surface area contributed by atoms with Crippen molar-refractivity contribution >= 4 is 34.2 Å². The summed E-state index contributed by atoms with van der Waals surface area (Å²) in [5.41, 5.74) is 0.108. The lowest BCUT2D eigenvalue weighted by molar-refractivity contribution is 0.0999. The van der Waals surface area contributed by atoms with Crippen molar-refractivity contribution in [2.24, 2.45) is 0 Å². The van der Waals surface area contributed by atoms with Crippen LogP contribution in [0, 0.1) is 17.5 Å². The zero-order valence-corrected chi connectivity index (χ0v) is 15.2. The molecule has 0 bridgehead atoms. The van der Waals surface area contributed by atoms with E-state index in [1.807, 2.05) is 0 Å². The van der Waals surface area contributed by atoms with Gasteiger partial charge in [0.25, 0.3) is 11.8 Å². The third-order valence-electron chi connectivity index (χ3n) is 4.34. The van der Waals surface area contributed by atoms with E-state index < -0.39 is 29.3 Å². The number of halogens is 3. The van der Waals surface area contributed by atoms with Gasteiger partial charge in [-0.3, -0.25) is 9.59 Å². The molecule has 0 aliphatic rings. The molecule has 1 heterocycles. The molecule has 0 saturated carbocycles. The van der Waals surface area contributed by atoms with Crippen LogP contribution in [0.1, 0.15) is 20.9 Å². The number of para-hydroxylation sites is 1. The number of hydrogen-bond donors (Lipinski definition) is 2. The summed E-state index contributed by atoms with van der Waals surface area (Å²) in [6, 6.07) is 14.8. The fourth-order valence-electron chi connectivity index (χ4n) is 2.92. The molecule has 150 valence electrons. The molecular formula is C22H13F3N2O3. The van der Waals surface area contributed by atoms with Gasteiger partial charge < -0.3 is 15.1 Å². The van der Waals surface area contributed by atoms with Crippen molar-refractivity contribution in [2.75, 3.05) is 10.6 Å². The summed E-state index contributed by atoms with van der Waals surface area (Å²) < 4.78 is 46.1. The fourth-order valence-corrected chi connectivity index (χ4v) is 2.92. The number of fused-ring (bicyclic) bond motifs is 1. The summed E-state index contributed by atoms with van der Waals surface area (Å²) in [4.78, 5) is 25.3. The molecule has 0 aliphatic heterocycles. The SMILES string of the molecule is O=C(Nc1c(C(=O)Nc2ccc(F)c(F)c2)oc2ccccc12)c1ccccc1F. The molecular weight excluding hydrogens is 397 g/mol. The second-order valence-corrected chi connectivity index (χ2v) is 6.32. The Morgan fingerprint density at radius 3 is 2.23 bits per heavy atom. The summed E-state index contributed by atoms with van der Waals surface area (Å²) in [6.45, 7) is 0. The normalized spacial score (nSPS) is 10.8. The summed E-state index contributed by atoms with van der Waals surface area (Å²) in [5.74, 6) is -4.77. The molecule has 0 saturated heterocycles. The molecule has 0 unspecified atom stereocenters. The maximum atomic E-state index is 14.0. The number of furan rings is 1. The van der Waals surface area contributed by atoms with Crippen LogP contribution in [0.4, 0.5) is 24.5 Å². The van der Waals surface area contributed by atoms with E-state index in [2.05, 4.69) is 10.6 Å². The fraction of sp³-hybridized carbons (Fsp3) is 0. The van der Waals surface area contributed by atoms with Gasteiger partial charge >= 0.3 is 0 Å². The van der Waals surface area contributed by atoms with E-state index in [1.165, 1.54) is 24.3 Å². The van der Waals surface area contributed by atoms with Crippen LogP contribution < -0.4 is 10.6 Å². The van der Waals surface area contributed by atoms with Crippen molar-refractivity contribution < 1.29 is 27.2 Å². The number of hydrogen-bond acceptors (Lipinski definition) is 3. The molecule has 4 rings (SSSR count). The number of amides is 2. The molecule has 30 heavy (non-hydrogen) atoms. The molecule has 5 nitrogen and oxygen atoms in total. The molecule has 2 amide bonds. The lowest BCUT2D eigenvalue weighted by Crippen LogP contribution is -2.18. The van der Waals surface area contributed by atoms with Crippen LogP contribution in [0.25, 0.3) is 11.0 Å². The molecule has 8 heteroatoms. The molecule has 0 aliphatic carbocycles. The lowest BCUT2D eigenvalue weighted by Gasteiger charge is -2.08. The zero-order valence-electron chi connectivity index (χ0n) is 15.2. The van der Waals surface area contributed by atoms with E-state index in [-0.39, 0.29) is 22.7 Å². The summed E-state index contributed by atoms with van der Waals surface area (Å²) in [5, 5.41) is 5.31. The Bertz CT molecular complexity index is 1280. The number of rotatable bonds is 4. The highest BCUT2D eigenvalue weighted by molar-refractivity contribution is 6.16. The Kier molecular flexibility index (Phi) is 4.97. The van der Waals surface area contributed by atoms with Crippen molar-refractivity contribution in [3.05, 3.63) is 95.5 Å². The van der Waals surface area contributed by atoms with Crippen LogP contribution in [0.5, 0.6) is 0 Å². The first kappa shape index (κ1) is 19.3. The maximum absolute atomic E-state index is 14.0. The van der Waals surface area contributed by atoms with Gasteiger partial charge in [0.2, 0.25) is 5.76 Å². The molecule has 0 radical (unpaired) electrons. The van der Waals surface area contributed by atoms with Crippen molar-refractivity contribution in [3.8, 4) is 0 Å². The van der Waals surface area contributed by atoms with Gasteiger partial charge in [0.15, 0.2) is 11.6 Å². The van der Waals surface area contributed by atoms with Gasteiger partial charge in [-0.05, 0) is 36.4 Å². The number of benzene rings is 3. The second-order valence-electron chi connectivity index (χ2n) is 6.32. The van der Waals surface area contributed by atoms with Gasteiger partial charge in [0, 0.05) is 17.1 Å². The Balaban J connectivity index is 1.71. The van der Waals surface area contributed by atoms with Crippen LogP contribution in [0.2, 0.25) is 0 Å². The quantitative estimate of drug-likeness (QED) is 0.476. The first-order valence-electron chi connectivity index (χ1n) is 8.78. The Hall–Kier alpha value is -4.07. The monoisotopic (exact) mass is 410 g/mol. The third kappa shape index (κ3) is 3.62. The summed E-state index contributed by atoms with van der Waals surface area (Å²) >= 11 is 0. The minimum Gasteiger partial charge on any atom is -0.449 e. The van der Waals surface area contributed by atoms with E-state index in [4.69, 9.17) is 4.42 Å².